The van der Waals surface area contributed by atoms with E-state index in [0.717, 1.165) is 32.1 Å². The predicted octanol–water partition coefficient (Wildman–Crippen LogP) is -0.195. The van der Waals surface area contributed by atoms with Crippen molar-refractivity contribution in [2.24, 2.45) is 0 Å². The second-order valence-corrected chi connectivity index (χ2v) is 3.14. The van der Waals surface area contributed by atoms with Crippen molar-refractivity contribution in [3.8, 4) is 0 Å². The van der Waals surface area contributed by atoms with Gasteiger partial charge < -0.3 is 14.7 Å². The van der Waals surface area contributed by atoms with Crippen LogP contribution in [-0.2, 0) is 11.3 Å². The zero-order valence-electron chi connectivity index (χ0n) is 7.89. The van der Waals surface area contributed by atoms with Gasteiger partial charge >= 0.3 is 0 Å². The summed E-state index contributed by atoms with van der Waals surface area (Å²) >= 11 is 0. The third-order valence-electron chi connectivity index (χ3n) is 2.20. The van der Waals surface area contributed by atoms with Crippen molar-refractivity contribution < 1.29 is 9.84 Å². The molecule has 0 unspecified atom stereocenters. The Morgan fingerprint density at radius 1 is 1.29 bits per heavy atom. The van der Waals surface area contributed by atoms with Crippen LogP contribution in [0.2, 0.25) is 0 Å². The molecule has 0 amide bonds. The smallest absolute Gasteiger partial charge is 0.151 e. The fourth-order valence-electron chi connectivity index (χ4n) is 1.40. The maximum Gasteiger partial charge on any atom is 0.151 e. The van der Waals surface area contributed by atoms with Gasteiger partial charge in [-0.05, 0) is 12.1 Å². The number of ether oxygens (including phenoxy) is 1. The van der Waals surface area contributed by atoms with Crippen molar-refractivity contribution in [1.29, 1.82) is 0 Å². The lowest BCUT2D eigenvalue weighted by Crippen LogP contribution is -2.36. The second-order valence-electron chi connectivity index (χ2n) is 3.14. The average Bonchev–Trinajstić information content (AvgIpc) is 2.30. The SMILES string of the molecule is OCc1ccc(N2CCOCC2)nn1. The summed E-state index contributed by atoms with van der Waals surface area (Å²) in [4.78, 5) is 2.12. The lowest BCUT2D eigenvalue weighted by atomic mass is 10.3. The van der Waals surface area contributed by atoms with Gasteiger partial charge in [0.15, 0.2) is 5.82 Å². The average molecular weight is 195 g/mol. The molecule has 1 aromatic heterocycles. The highest BCUT2D eigenvalue weighted by molar-refractivity contribution is 5.37. The minimum absolute atomic E-state index is 0.0591. The van der Waals surface area contributed by atoms with E-state index < -0.39 is 0 Å². The molecule has 0 bridgehead atoms. The lowest BCUT2D eigenvalue weighted by Gasteiger charge is -2.27. The number of nitrogens with zero attached hydrogens (tertiary/aromatic N) is 3. The number of rotatable bonds is 2. The summed E-state index contributed by atoms with van der Waals surface area (Å²) in [5.41, 5.74) is 0.599. The van der Waals surface area contributed by atoms with Crippen molar-refractivity contribution >= 4 is 5.82 Å². The minimum atomic E-state index is -0.0591. The summed E-state index contributed by atoms with van der Waals surface area (Å²) < 4.78 is 5.24. The van der Waals surface area contributed by atoms with E-state index in [1.807, 2.05) is 6.07 Å². The Kier molecular flexibility index (Phi) is 2.90. The standard InChI is InChI=1S/C9H13N3O2/c13-7-8-1-2-9(11-10-8)12-3-5-14-6-4-12/h1-2,13H,3-7H2. The van der Waals surface area contributed by atoms with Crippen molar-refractivity contribution in [2.75, 3.05) is 31.2 Å². The van der Waals surface area contributed by atoms with Gasteiger partial charge in [-0.2, -0.15) is 5.10 Å². The molecule has 1 aromatic rings. The van der Waals surface area contributed by atoms with Gasteiger partial charge in [-0.3, -0.25) is 0 Å². The molecule has 5 nitrogen and oxygen atoms in total. The van der Waals surface area contributed by atoms with E-state index in [4.69, 9.17) is 9.84 Å². The largest absolute Gasteiger partial charge is 0.390 e. The molecule has 0 radical (unpaired) electrons. The number of aliphatic hydroxyl groups excluding tert-OH is 1. The molecule has 1 aliphatic heterocycles. The number of aliphatic hydroxyl groups is 1. The van der Waals surface area contributed by atoms with E-state index in [1.54, 1.807) is 6.07 Å². The monoisotopic (exact) mass is 195 g/mol. The van der Waals surface area contributed by atoms with Gasteiger partial charge in [-0.15, -0.1) is 5.10 Å². The molecule has 2 heterocycles. The zero-order valence-corrected chi connectivity index (χ0v) is 7.89. The summed E-state index contributed by atoms with van der Waals surface area (Å²) in [7, 11) is 0. The molecule has 14 heavy (non-hydrogen) atoms. The summed E-state index contributed by atoms with van der Waals surface area (Å²) in [5, 5.41) is 16.7. The van der Waals surface area contributed by atoms with Crippen LogP contribution in [0.4, 0.5) is 5.82 Å². The summed E-state index contributed by atoms with van der Waals surface area (Å²) in [6.07, 6.45) is 0. The van der Waals surface area contributed by atoms with Gasteiger partial charge in [-0.25, -0.2) is 0 Å². The third kappa shape index (κ3) is 2.00. The molecule has 1 N–H and O–H groups in total. The quantitative estimate of drug-likeness (QED) is 0.708. The van der Waals surface area contributed by atoms with Gasteiger partial charge in [-0.1, -0.05) is 0 Å². The molecular weight excluding hydrogens is 182 g/mol. The van der Waals surface area contributed by atoms with Crippen LogP contribution >= 0.6 is 0 Å². The van der Waals surface area contributed by atoms with E-state index in [0.29, 0.717) is 5.69 Å². The molecule has 2 rings (SSSR count). The molecule has 1 aliphatic rings. The highest BCUT2D eigenvalue weighted by atomic mass is 16.5. The molecule has 0 spiro atoms. The highest BCUT2D eigenvalue weighted by Gasteiger charge is 2.12. The number of aromatic nitrogens is 2. The molecule has 1 fully saturated rings. The topological polar surface area (TPSA) is 58.5 Å². The maximum absolute atomic E-state index is 8.80. The fraction of sp³-hybridized carbons (Fsp3) is 0.556. The first-order chi connectivity index (χ1) is 6.90. The van der Waals surface area contributed by atoms with Crippen molar-refractivity contribution in [3.05, 3.63) is 17.8 Å². The van der Waals surface area contributed by atoms with Crippen LogP contribution in [0.15, 0.2) is 12.1 Å². The van der Waals surface area contributed by atoms with Crippen LogP contribution in [0.1, 0.15) is 5.69 Å². The van der Waals surface area contributed by atoms with Gasteiger partial charge in [0.25, 0.3) is 0 Å². The Labute approximate surface area is 82.3 Å². The molecule has 0 aliphatic carbocycles. The number of morpholine rings is 1. The second kappa shape index (κ2) is 4.34. The van der Waals surface area contributed by atoms with Gasteiger partial charge in [0.2, 0.25) is 0 Å². The molecule has 76 valence electrons. The number of hydrogen-bond donors (Lipinski definition) is 1. The van der Waals surface area contributed by atoms with E-state index in [9.17, 15) is 0 Å². The van der Waals surface area contributed by atoms with Crippen LogP contribution in [0, 0.1) is 0 Å². The van der Waals surface area contributed by atoms with Crippen LogP contribution in [0.25, 0.3) is 0 Å². The van der Waals surface area contributed by atoms with Gasteiger partial charge in [0.1, 0.15) is 0 Å². The normalized spacial score (nSPS) is 17.1. The predicted molar refractivity (Wildman–Crippen MR) is 51.0 cm³/mol. The summed E-state index contributed by atoms with van der Waals surface area (Å²) in [6.45, 7) is 3.13. The zero-order chi connectivity index (χ0) is 9.80. The molecule has 5 heteroatoms. The molecular formula is C9H13N3O2. The van der Waals surface area contributed by atoms with Crippen LogP contribution in [0.3, 0.4) is 0 Å². The summed E-state index contributed by atoms with van der Waals surface area (Å²) in [5.74, 6) is 0.852. The number of anilines is 1. The Balaban J connectivity index is 2.07. The summed E-state index contributed by atoms with van der Waals surface area (Å²) in [6, 6.07) is 3.67. The highest BCUT2D eigenvalue weighted by Crippen LogP contribution is 2.11. The minimum Gasteiger partial charge on any atom is -0.390 e. The molecule has 1 saturated heterocycles. The molecule has 0 atom stereocenters. The first-order valence-corrected chi connectivity index (χ1v) is 4.66. The number of hydrogen-bond acceptors (Lipinski definition) is 5. The van der Waals surface area contributed by atoms with Crippen LogP contribution < -0.4 is 4.90 Å². The van der Waals surface area contributed by atoms with E-state index in [2.05, 4.69) is 15.1 Å². The van der Waals surface area contributed by atoms with E-state index in [-0.39, 0.29) is 6.61 Å². The lowest BCUT2D eigenvalue weighted by molar-refractivity contribution is 0.122. The Morgan fingerprint density at radius 3 is 2.64 bits per heavy atom. The molecule has 0 saturated carbocycles. The Hall–Kier alpha value is -1.20. The Bertz CT molecular complexity index is 283. The first kappa shape index (κ1) is 9.36. The van der Waals surface area contributed by atoms with E-state index in [1.165, 1.54) is 0 Å². The van der Waals surface area contributed by atoms with Crippen LogP contribution in [-0.4, -0.2) is 41.6 Å². The van der Waals surface area contributed by atoms with Gasteiger partial charge in [0.05, 0.1) is 25.5 Å². The molecule has 0 aromatic carbocycles. The van der Waals surface area contributed by atoms with Crippen LogP contribution in [0.5, 0.6) is 0 Å². The van der Waals surface area contributed by atoms with Crippen molar-refractivity contribution in [1.82, 2.24) is 10.2 Å². The van der Waals surface area contributed by atoms with Gasteiger partial charge in [0, 0.05) is 13.1 Å². The Morgan fingerprint density at radius 2 is 2.07 bits per heavy atom. The van der Waals surface area contributed by atoms with Crippen molar-refractivity contribution in [2.45, 2.75) is 6.61 Å². The first-order valence-electron chi connectivity index (χ1n) is 4.66. The fourth-order valence-corrected chi connectivity index (χ4v) is 1.40. The van der Waals surface area contributed by atoms with E-state index >= 15 is 0 Å². The maximum atomic E-state index is 8.80. The third-order valence-corrected chi connectivity index (χ3v) is 2.20. The van der Waals surface area contributed by atoms with Crippen molar-refractivity contribution in [3.63, 3.8) is 0 Å².